The molecule has 0 bridgehead atoms. The molecule has 0 saturated carbocycles. The first kappa shape index (κ1) is 16.6. The number of sulfone groups is 1. The van der Waals surface area contributed by atoms with Crippen molar-refractivity contribution >= 4 is 15.7 Å². The SMILES string of the molecule is Cc1ccccc1OCC(=O)N1CC(S(=O)(=O)Cc2ccco2)C1. The van der Waals surface area contributed by atoms with E-state index in [-0.39, 0.29) is 31.4 Å². The van der Waals surface area contributed by atoms with E-state index in [1.807, 2.05) is 25.1 Å². The van der Waals surface area contributed by atoms with Gasteiger partial charge in [-0.3, -0.25) is 4.79 Å². The van der Waals surface area contributed by atoms with Crippen molar-refractivity contribution in [1.29, 1.82) is 0 Å². The van der Waals surface area contributed by atoms with Gasteiger partial charge in [0.25, 0.3) is 5.91 Å². The van der Waals surface area contributed by atoms with Gasteiger partial charge >= 0.3 is 0 Å². The Balaban J connectivity index is 1.49. The number of likely N-dealkylation sites (tertiary alicyclic amines) is 1. The monoisotopic (exact) mass is 349 g/mol. The van der Waals surface area contributed by atoms with Crippen LogP contribution >= 0.6 is 0 Å². The quantitative estimate of drug-likeness (QED) is 0.795. The highest BCUT2D eigenvalue weighted by Crippen LogP contribution is 2.21. The maximum Gasteiger partial charge on any atom is 0.260 e. The van der Waals surface area contributed by atoms with E-state index in [0.29, 0.717) is 11.5 Å². The average Bonchev–Trinajstić information content (AvgIpc) is 2.96. The molecule has 7 heteroatoms. The fraction of sp³-hybridized carbons (Fsp3) is 0.353. The van der Waals surface area contributed by atoms with Crippen LogP contribution in [0.25, 0.3) is 0 Å². The van der Waals surface area contributed by atoms with Crippen LogP contribution in [0.5, 0.6) is 5.75 Å². The van der Waals surface area contributed by atoms with Crippen LogP contribution in [0.2, 0.25) is 0 Å². The molecule has 1 aromatic carbocycles. The summed E-state index contributed by atoms with van der Waals surface area (Å²) in [6.07, 6.45) is 1.45. The van der Waals surface area contributed by atoms with Crippen molar-refractivity contribution < 1.29 is 22.4 Å². The van der Waals surface area contributed by atoms with E-state index in [4.69, 9.17) is 9.15 Å². The molecule has 6 nitrogen and oxygen atoms in total. The second kappa shape index (κ2) is 6.68. The maximum absolute atomic E-state index is 12.2. The van der Waals surface area contributed by atoms with Crippen LogP contribution in [0.3, 0.4) is 0 Å². The van der Waals surface area contributed by atoms with Gasteiger partial charge in [0.1, 0.15) is 17.3 Å². The van der Waals surface area contributed by atoms with Gasteiger partial charge < -0.3 is 14.1 Å². The Bertz CT molecular complexity index is 807. The van der Waals surface area contributed by atoms with Gasteiger partial charge in [0.15, 0.2) is 16.4 Å². The second-order valence-corrected chi connectivity index (χ2v) is 8.14. The number of carbonyl (C=O) groups excluding carboxylic acids is 1. The molecule has 3 rings (SSSR count). The summed E-state index contributed by atoms with van der Waals surface area (Å²) in [6.45, 7) is 2.23. The lowest BCUT2D eigenvalue weighted by molar-refractivity contribution is -0.136. The molecule has 1 aliphatic heterocycles. The van der Waals surface area contributed by atoms with Crippen molar-refractivity contribution in [2.45, 2.75) is 17.9 Å². The fourth-order valence-corrected chi connectivity index (χ4v) is 4.14. The van der Waals surface area contributed by atoms with E-state index in [9.17, 15) is 13.2 Å². The summed E-state index contributed by atoms with van der Waals surface area (Å²) in [4.78, 5) is 13.6. The first-order chi connectivity index (χ1) is 11.5. The molecule has 1 aromatic heterocycles. The Labute approximate surface area is 140 Å². The van der Waals surface area contributed by atoms with E-state index < -0.39 is 15.1 Å². The highest BCUT2D eigenvalue weighted by Gasteiger charge is 2.40. The van der Waals surface area contributed by atoms with Crippen molar-refractivity contribution in [2.75, 3.05) is 19.7 Å². The standard InChI is InChI=1S/C17H19NO5S/c1-13-5-2-3-7-16(13)23-11-17(19)18-9-15(10-18)24(20,21)12-14-6-4-8-22-14/h2-8,15H,9-12H2,1H3. The van der Waals surface area contributed by atoms with Crippen molar-refractivity contribution in [1.82, 2.24) is 4.90 Å². The smallest absolute Gasteiger partial charge is 0.260 e. The molecule has 1 amide bonds. The van der Waals surface area contributed by atoms with Gasteiger partial charge in [-0.25, -0.2) is 8.42 Å². The van der Waals surface area contributed by atoms with Gasteiger partial charge in [-0.2, -0.15) is 0 Å². The summed E-state index contributed by atoms with van der Waals surface area (Å²) in [5.74, 6) is 0.741. The van der Waals surface area contributed by atoms with Gasteiger partial charge in [0, 0.05) is 13.1 Å². The van der Waals surface area contributed by atoms with Crippen LogP contribution in [0, 0.1) is 6.92 Å². The summed E-state index contributed by atoms with van der Waals surface area (Å²) in [5, 5.41) is -0.537. The first-order valence-electron chi connectivity index (χ1n) is 7.66. The van der Waals surface area contributed by atoms with Gasteiger partial charge in [0.2, 0.25) is 0 Å². The lowest BCUT2D eigenvalue weighted by atomic mass is 10.2. The number of hydrogen-bond donors (Lipinski definition) is 0. The number of para-hydroxylation sites is 1. The highest BCUT2D eigenvalue weighted by atomic mass is 32.2. The molecule has 1 aliphatic rings. The predicted molar refractivity (Wildman–Crippen MR) is 88.4 cm³/mol. The number of benzene rings is 1. The molecule has 0 atom stereocenters. The van der Waals surface area contributed by atoms with Crippen LogP contribution in [-0.4, -0.2) is 44.2 Å². The predicted octanol–water partition coefficient (Wildman–Crippen LogP) is 1.79. The molecule has 0 N–H and O–H groups in total. The third kappa shape index (κ3) is 3.62. The minimum Gasteiger partial charge on any atom is -0.484 e. The Morgan fingerprint density at radius 1 is 1.25 bits per heavy atom. The summed E-state index contributed by atoms with van der Waals surface area (Å²) in [5.41, 5.74) is 0.952. The van der Waals surface area contributed by atoms with E-state index in [1.165, 1.54) is 11.2 Å². The molecule has 0 aliphatic carbocycles. The van der Waals surface area contributed by atoms with E-state index >= 15 is 0 Å². The van der Waals surface area contributed by atoms with Crippen molar-refractivity contribution in [3.05, 3.63) is 54.0 Å². The molecule has 2 aromatic rings. The number of hydrogen-bond acceptors (Lipinski definition) is 5. The molecule has 2 heterocycles. The molecule has 0 spiro atoms. The Hall–Kier alpha value is -2.28. The molecular weight excluding hydrogens is 330 g/mol. The highest BCUT2D eigenvalue weighted by molar-refractivity contribution is 7.91. The maximum atomic E-state index is 12.2. The van der Waals surface area contributed by atoms with E-state index in [0.717, 1.165) is 5.56 Å². The molecule has 0 unspecified atom stereocenters. The third-order valence-electron chi connectivity index (χ3n) is 4.08. The topological polar surface area (TPSA) is 76.8 Å². The van der Waals surface area contributed by atoms with Gasteiger partial charge in [-0.1, -0.05) is 18.2 Å². The van der Waals surface area contributed by atoms with E-state index in [2.05, 4.69) is 0 Å². The summed E-state index contributed by atoms with van der Waals surface area (Å²) in [7, 11) is -3.32. The summed E-state index contributed by atoms with van der Waals surface area (Å²) >= 11 is 0. The van der Waals surface area contributed by atoms with Gasteiger partial charge in [-0.05, 0) is 30.7 Å². The number of amides is 1. The molecule has 128 valence electrons. The van der Waals surface area contributed by atoms with Crippen molar-refractivity contribution in [2.24, 2.45) is 0 Å². The molecule has 1 fully saturated rings. The largest absolute Gasteiger partial charge is 0.484 e. The van der Waals surface area contributed by atoms with Crippen LogP contribution in [-0.2, 0) is 20.4 Å². The van der Waals surface area contributed by atoms with Crippen LogP contribution in [0.1, 0.15) is 11.3 Å². The molecule has 0 radical (unpaired) electrons. The Morgan fingerprint density at radius 3 is 2.67 bits per heavy atom. The summed E-state index contributed by atoms with van der Waals surface area (Å²) in [6, 6.07) is 10.7. The number of carbonyl (C=O) groups is 1. The number of rotatable bonds is 6. The lowest BCUT2D eigenvalue weighted by Crippen LogP contribution is -2.58. The van der Waals surface area contributed by atoms with Crippen LogP contribution < -0.4 is 4.74 Å². The average molecular weight is 349 g/mol. The number of nitrogens with zero attached hydrogens (tertiary/aromatic N) is 1. The second-order valence-electron chi connectivity index (χ2n) is 5.86. The zero-order valence-electron chi connectivity index (χ0n) is 13.3. The van der Waals surface area contributed by atoms with Crippen LogP contribution in [0.15, 0.2) is 47.1 Å². The fourth-order valence-electron chi connectivity index (χ4n) is 2.53. The number of ether oxygens (including phenoxy) is 1. The van der Waals surface area contributed by atoms with Gasteiger partial charge in [0.05, 0.1) is 11.5 Å². The zero-order chi connectivity index (χ0) is 17.2. The van der Waals surface area contributed by atoms with Gasteiger partial charge in [-0.15, -0.1) is 0 Å². The Kier molecular flexibility index (Phi) is 4.62. The summed E-state index contributed by atoms with van der Waals surface area (Å²) < 4.78 is 35.1. The van der Waals surface area contributed by atoms with Crippen LogP contribution in [0.4, 0.5) is 0 Å². The third-order valence-corrected chi connectivity index (χ3v) is 6.08. The number of aryl methyl sites for hydroxylation is 1. The minimum atomic E-state index is -3.32. The Morgan fingerprint density at radius 2 is 2.00 bits per heavy atom. The molecular formula is C17H19NO5S. The van der Waals surface area contributed by atoms with Crippen molar-refractivity contribution in [3.8, 4) is 5.75 Å². The first-order valence-corrected chi connectivity index (χ1v) is 9.37. The minimum absolute atomic E-state index is 0.0875. The van der Waals surface area contributed by atoms with E-state index in [1.54, 1.807) is 18.2 Å². The van der Waals surface area contributed by atoms with Crippen molar-refractivity contribution in [3.63, 3.8) is 0 Å². The zero-order valence-corrected chi connectivity index (χ0v) is 14.2. The number of furan rings is 1. The molecule has 1 saturated heterocycles. The molecule has 24 heavy (non-hydrogen) atoms. The lowest BCUT2D eigenvalue weighted by Gasteiger charge is -2.38. The normalized spacial score (nSPS) is 15.1.